The van der Waals surface area contributed by atoms with E-state index in [-0.39, 0.29) is 0 Å². The molecule has 1 nitrogen and oxygen atoms in total. The number of hydrogen-bond acceptors (Lipinski definition) is 1. The monoisotopic (exact) mass is 416 g/mol. The van der Waals surface area contributed by atoms with Crippen molar-refractivity contribution in [2.45, 2.75) is 110 Å². The fourth-order valence-corrected chi connectivity index (χ4v) is 21.4. The maximum absolute atomic E-state index is 11.3. The summed E-state index contributed by atoms with van der Waals surface area (Å²) in [6, 6.07) is 0. The Balaban J connectivity index is 2.98. The van der Waals surface area contributed by atoms with Gasteiger partial charge in [-0.1, -0.05) is 0 Å². The Kier molecular flexibility index (Phi) is 9.69. The van der Waals surface area contributed by atoms with Crippen molar-refractivity contribution in [1.82, 2.24) is 0 Å². The van der Waals surface area contributed by atoms with E-state index in [1.807, 2.05) is 0 Å². The number of aliphatic hydroxyl groups is 1. The first-order valence-corrected chi connectivity index (χ1v) is 17.4. The molecule has 0 aromatic carbocycles. The van der Waals surface area contributed by atoms with Crippen molar-refractivity contribution in [3.05, 3.63) is 10.2 Å². The SMILES string of the molecule is C=[C](C1(O)CCCCC1)[Sn]([CH2]CCC)([CH2]CCC)[CH2]CCC. The second-order valence-electron chi connectivity index (χ2n) is 7.66. The van der Waals surface area contributed by atoms with E-state index in [1.165, 1.54) is 74.7 Å². The van der Waals surface area contributed by atoms with Crippen molar-refractivity contribution in [2.24, 2.45) is 0 Å². The minimum absolute atomic E-state index is 0.483. The van der Waals surface area contributed by atoms with E-state index in [1.54, 1.807) is 0 Å². The summed E-state index contributed by atoms with van der Waals surface area (Å²) >= 11 is -2.46. The molecular weight excluding hydrogens is 375 g/mol. The molecule has 1 aliphatic carbocycles. The third-order valence-corrected chi connectivity index (χ3v) is 22.1. The molecule has 0 aromatic heterocycles. The van der Waals surface area contributed by atoms with Crippen LogP contribution in [0.15, 0.2) is 10.2 Å². The van der Waals surface area contributed by atoms with Gasteiger partial charge in [0, 0.05) is 0 Å². The van der Waals surface area contributed by atoms with Gasteiger partial charge in [-0.2, -0.15) is 0 Å². The first kappa shape index (κ1) is 20.5. The molecule has 1 fully saturated rings. The van der Waals surface area contributed by atoms with E-state index < -0.39 is 24.0 Å². The van der Waals surface area contributed by atoms with Crippen molar-refractivity contribution < 1.29 is 5.11 Å². The first-order valence-electron chi connectivity index (χ1n) is 9.97. The van der Waals surface area contributed by atoms with Crippen LogP contribution < -0.4 is 0 Å². The fourth-order valence-electron chi connectivity index (χ4n) is 4.31. The molecule has 0 aliphatic heterocycles. The number of unbranched alkanes of at least 4 members (excludes halogenated alkanes) is 3. The van der Waals surface area contributed by atoms with Gasteiger partial charge in [-0.15, -0.1) is 0 Å². The Labute approximate surface area is 143 Å². The molecule has 0 saturated heterocycles. The molecule has 0 amide bonds. The van der Waals surface area contributed by atoms with Crippen LogP contribution in [0, 0.1) is 0 Å². The third kappa shape index (κ3) is 5.54. The number of hydrogen-bond donors (Lipinski definition) is 1. The summed E-state index contributed by atoms with van der Waals surface area (Å²) in [5.41, 5.74) is -0.483. The average Bonchev–Trinajstić information content (AvgIpc) is 2.54. The zero-order valence-electron chi connectivity index (χ0n) is 15.6. The maximum atomic E-state index is 11.3. The van der Waals surface area contributed by atoms with E-state index in [2.05, 4.69) is 27.4 Å². The van der Waals surface area contributed by atoms with Gasteiger partial charge in [-0.3, -0.25) is 0 Å². The molecule has 130 valence electrons. The van der Waals surface area contributed by atoms with Crippen molar-refractivity contribution in [3.63, 3.8) is 0 Å². The first-order chi connectivity index (χ1) is 10.5. The molecule has 0 heterocycles. The van der Waals surface area contributed by atoms with Crippen molar-refractivity contribution in [1.29, 1.82) is 0 Å². The molecule has 1 rings (SSSR count). The van der Waals surface area contributed by atoms with Crippen molar-refractivity contribution in [3.8, 4) is 0 Å². The van der Waals surface area contributed by atoms with Crippen LogP contribution in [-0.4, -0.2) is 29.1 Å². The molecular formula is C20H40OSn. The Morgan fingerprint density at radius 3 is 1.64 bits per heavy atom. The predicted octanol–water partition coefficient (Wildman–Crippen LogP) is 6.63. The van der Waals surface area contributed by atoms with Crippen LogP contribution in [0.5, 0.6) is 0 Å². The normalized spacial score (nSPS) is 18.4. The quantitative estimate of drug-likeness (QED) is 0.376. The van der Waals surface area contributed by atoms with Gasteiger partial charge in [0.05, 0.1) is 0 Å². The molecule has 0 atom stereocenters. The summed E-state index contributed by atoms with van der Waals surface area (Å²) in [6.07, 6.45) is 13.7. The molecule has 2 heteroatoms. The van der Waals surface area contributed by atoms with Gasteiger partial charge < -0.3 is 0 Å². The van der Waals surface area contributed by atoms with Crippen LogP contribution in [0.4, 0.5) is 0 Å². The van der Waals surface area contributed by atoms with Gasteiger partial charge in [0.2, 0.25) is 0 Å². The van der Waals surface area contributed by atoms with Crippen molar-refractivity contribution >= 4 is 18.4 Å². The summed E-state index contributed by atoms with van der Waals surface area (Å²) in [5, 5.41) is 11.3. The Bertz CT molecular complexity index is 296. The Morgan fingerprint density at radius 2 is 1.27 bits per heavy atom. The molecule has 0 radical (unpaired) electrons. The summed E-state index contributed by atoms with van der Waals surface area (Å²) in [6.45, 7) is 11.6. The average molecular weight is 415 g/mol. The third-order valence-electron chi connectivity index (χ3n) is 5.91. The van der Waals surface area contributed by atoms with E-state index in [4.69, 9.17) is 0 Å². The molecule has 22 heavy (non-hydrogen) atoms. The Morgan fingerprint density at radius 1 is 0.864 bits per heavy atom. The zero-order chi connectivity index (χ0) is 16.5. The molecule has 0 spiro atoms. The summed E-state index contributed by atoms with van der Waals surface area (Å²) in [5.74, 6) is 0. The molecule has 0 bridgehead atoms. The molecule has 1 N–H and O–H groups in total. The fraction of sp³-hybridized carbons (Fsp3) is 0.900. The Hall–Kier alpha value is 0.499. The second-order valence-corrected chi connectivity index (χ2v) is 21.0. The molecule has 0 unspecified atom stereocenters. The van der Waals surface area contributed by atoms with Gasteiger partial charge in [0.1, 0.15) is 0 Å². The van der Waals surface area contributed by atoms with Gasteiger partial charge in [0.15, 0.2) is 0 Å². The standard InChI is InChI=1S/C8H13O.3C4H9.Sn/c1-2-8(9)6-4-3-5-7-8;3*1-3-4-2;/h9H,1,3-7H2;3*1,3-4H2,2H3;. The van der Waals surface area contributed by atoms with E-state index in [0.717, 1.165) is 12.8 Å². The van der Waals surface area contributed by atoms with Crippen LogP contribution in [0.1, 0.15) is 91.4 Å². The zero-order valence-corrected chi connectivity index (χ0v) is 18.4. The molecule has 1 saturated carbocycles. The van der Waals surface area contributed by atoms with Crippen LogP contribution >= 0.6 is 0 Å². The summed E-state index contributed by atoms with van der Waals surface area (Å²) in [4.78, 5) is 0. The van der Waals surface area contributed by atoms with Gasteiger partial charge in [-0.05, 0) is 0 Å². The van der Waals surface area contributed by atoms with Gasteiger partial charge in [0.25, 0.3) is 0 Å². The van der Waals surface area contributed by atoms with Crippen molar-refractivity contribution in [2.75, 3.05) is 0 Å². The predicted molar refractivity (Wildman–Crippen MR) is 102 cm³/mol. The van der Waals surface area contributed by atoms with E-state index in [9.17, 15) is 5.11 Å². The van der Waals surface area contributed by atoms with Crippen LogP contribution in [0.3, 0.4) is 0 Å². The minimum atomic E-state index is -2.46. The topological polar surface area (TPSA) is 20.2 Å². The summed E-state index contributed by atoms with van der Waals surface area (Å²) in [7, 11) is 0. The van der Waals surface area contributed by atoms with Crippen LogP contribution in [0.2, 0.25) is 13.3 Å². The van der Waals surface area contributed by atoms with Gasteiger partial charge >= 0.3 is 144 Å². The van der Waals surface area contributed by atoms with E-state index >= 15 is 0 Å². The van der Waals surface area contributed by atoms with Crippen LogP contribution in [0.25, 0.3) is 0 Å². The van der Waals surface area contributed by atoms with Gasteiger partial charge in [-0.25, -0.2) is 0 Å². The molecule has 0 aromatic rings. The van der Waals surface area contributed by atoms with E-state index in [0.29, 0.717) is 0 Å². The molecule has 1 aliphatic rings. The second kappa shape index (κ2) is 10.4. The van der Waals surface area contributed by atoms with Crippen LogP contribution in [-0.2, 0) is 0 Å². The summed E-state index contributed by atoms with van der Waals surface area (Å²) < 4.78 is 5.72. The number of rotatable bonds is 11.